The molecule has 0 saturated heterocycles. The summed E-state index contributed by atoms with van der Waals surface area (Å²) in [6.07, 6.45) is 5.55. The monoisotopic (exact) mass is 360 g/mol. The van der Waals surface area contributed by atoms with Crippen LogP contribution in [0.5, 0.6) is 0 Å². The third-order valence-electron chi connectivity index (χ3n) is 4.28. The number of nitrogens with one attached hydrogen (secondary N) is 1. The lowest BCUT2D eigenvalue weighted by atomic mass is 10.1. The standard InChI is InChI=1S/C20H20N6O/c1-14-24-20(27-25-14)18-6-7-22-19(11-18)23-12-16-4-3-5-17(10-16)13-26-9-8-21-15(26)2/h3-11H,12-13H2,1-2H3,(H,22,23). The molecule has 0 bridgehead atoms. The number of rotatable bonds is 6. The number of hydrogen-bond donors (Lipinski definition) is 1. The van der Waals surface area contributed by atoms with Crippen LogP contribution in [0.3, 0.4) is 0 Å². The van der Waals surface area contributed by atoms with Crippen LogP contribution in [-0.4, -0.2) is 24.7 Å². The molecule has 4 rings (SSSR count). The van der Waals surface area contributed by atoms with E-state index in [1.807, 2.05) is 31.5 Å². The summed E-state index contributed by atoms with van der Waals surface area (Å²) < 4.78 is 7.35. The molecular formula is C20H20N6O. The molecule has 136 valence electrons. The van der Waals surface area contributed by atoms with Gasteiger partial charge in [-0.2, -0.15) is 4.98 Å². The van der Waals surface area contributed by atoms with Gasteiger partial charge in [-0.3, -0.25) is 0 Å². The molecule has 27 heavy (non-hydrogen) atoms. The van der Waals surface area contributed by atoms with Crippen molar-refractivity contribution in [2.75, 3.05) is 5.32 Å². The number of imidazole rings is 1. The Kier molecular flexibility index (Phi) is 4.65. The van der Waals surface area contributed by atoms with Gasteiger partial charge in [0, 0.05) is 37.2 Å². The van der Waals surface area contributed by atoms with Crippen LogP contribution in [0.4, 0.5) is 5.82 Å². The summed E-state index contributed by atoms with van der Waals surface area (Å²) in [6.45, 7) is 5.29. The van der Waals surface area contributed by atoms with E-state index in [-0.39, 0.29) is 0 Å². The Morgan fingerprint density at radius 2 is 1.93 bits per heavy atom. The Morgan fingerprint density at radius 3 is 2.70 bits per heavy atom. The molecule has 3 aromatic heterocycles. The van der Waals surface area contributed by atoms with Crippen molar-refractivity contribution in [1.82, 2.24) is 24.7 Å². The van der Waals surface area contributed by atoms with E-state index in [0.717, 1.165) is 23.8 Å². The number of aromatic nitrogens is 5. The molecule has 0 unspecified atom stereocenters. The SMILES string of the molecule is Cc1noc(-c2ccnc(NCc3cccc(Cn4ccnc4C)c3)c2)n1. The first-order valence-electron chi connectivity index (χ1n) is 8.73. The van der Waals surface area contributed by atoms with Crippen molar-refractivity contribution in [2.24, 2.45) is 0 Å². The molecule has 0 atom stereocenters. The summed E-state index contributed by atoms with van der Waals surface area (Å²) >= 11 is 0. The van der Waals surface area contributed by atoms with E-state index >= 15 is 0 Å². The fourth-order valence-corrected chi connectivity index (χ4v) is 2.87. The van der Waals surface area contributed by atoms with E-state index < -0.39 is 0 Å². The minimum atomic E-state index is 0.496. The van der Waals surface area contributed by atoms with Gasteiger partial charge in [0.2, 0.25) is 0 Å². The van der Waals surface area contributed by atoms with Gasteiger partial charge < -0.3 is 14.4 Å². The third-order valence-corrected chi connectivity index (χ3v) is 4.28. The highest BCUT2D eigenvalue weighted by Gasteiger charge is 2.07. The summed E-state index contributed by atoms with van der Waals surface area (Å²) in [4.78, 5) is 12.9. The summed E-state index contributed by atoms with van der Waals surface area (Å²) in [5.74, 6) is 2.88. The molecule has 4 aromatic rings. The van der Waals surface area contributed by atoms with Crippen molar-refractivity contribution in [1.29, 1.82) is 0 Å². The van der Waals surface area contributed by atoms with Crippen molar-refractivity contribution >= 4 is 5.82 Å². The van der Waals surface area contributed by atoms with Crippen molar-refractivity contribution < 1.29 is 4.52 Å². The maximum Gasteiger partial charge on any atom is 0.258 e. The fraction of sp³-hybridized carbons (Fsp3) is 0.200. The summed E-state index contributed by atoms with van der Waals surface area (Å²) in [7, 11) is 0. The van der Waals surface area contributed by atoms with Gasteiger partial charge in [-0.05, 0) is 37.1 Å². The Bertz CT molecular complexity index is 1050. The molecule has 1 N–H and O–H groups in total. The van der Waals surface area contributed by atoms with Crippen LogP contribution in [0, 0.1) is 13.8 Å². The van der Waals surface area contributed by atoms with Crippen LogP contribution < -0.4 is 5.32 Å². The average Bonchev–Trinajstić information content (AvgIpc) is 3.29. The maximum atomic E-state index is 5.22. The van der Waals surface area contributed by atoms with Crippen molar-refractivity contribution in [3.63, 3.8) is 0 Å². The number of pyridine rings is 1. The number of nitrogens with zero attached hydrogens (tertiary/aromatic N) is 5. The first kappa shape index (κ1) is 17.0. The molecule has 0 fully saturated rings. The van der Waals surface area contributed by atoms with Gasteiger partial charge in [0.15, 0.2) is 5.82 Å². The summed E-state index contributed by atoms with van der Waals surface area (Å²) in [5.41, 5.74) is 3.27. The van der Waals surface area contributed by atoms with Crippen molar-refractivity contribution in [3.05, 3.63) is 77.8 Å². The number of anilines is 1. The molecular weight excluding hydrogens is 340 g/mol. The quantitative estimate of drug-likeness (QED) is 0.566. The van der Waals surface area contributed by atoms with Crippen LogP contribution in [0.25, 0.3) is 11.5 Å². The predicted octanol–water partition coefficient (Wildman–Crippen LogP) is 3.61. The lowest BCUT2D eigenvalue weighted by Crippen LogP contribution is -2.04. The molecule has 0 radical (unpaired) electrons. The van der Waals surface area contributed by atoms with E-state index in [2.05, 4.69) is 54.3 Å². The van der Waals surface area contributed by atoms with E-state index in [4.69, 9.17) is 4.52 Å². The van der Waals surface area contributed by atoms with E-state index in [1.165, 1.54) is 11.1 Å². The zero-order valence-electron chi connectivity index (χ0n) is 15.3. The third kappa shape index (κ3) is 4.03. The van der Waals surface area contributed by atoms with Crippen molar-refractivity contribution in [2.45, 2.75) is 26.9 Å². The first-order valence-corrected chi connectivity index (χ1v) is 8.73. The largest absolute Gasteiger partial charge is 0.366 e. The van der Waals surface area contributed by atoms with Gasteiger partial charge in [-0.15, -0.1) is 0 Å². The molecule has 0 aliphatic heterocycles. The maximum absolute atomic E-state index is 5.22. The molecule has 0 amide bonds. The zero-order valence-corrected chi connectivity index (χ0v) is 15.3. The Hall–Kier alpha value is -3.48. The van der Waals surface area contributed by atoms with Gasteiger partial charge in [0.05, 0.1) is 0 Å². The highest BCUT2D eigenvalue weighted by Crippen LogP contribution is 2.19. The van der Waals surface area contributed by atoms with E-state index in [1.54, 1.807) is 13.1 Å². The molecule has 0 spiro atoms. The van der Waals surface area contributed by atoms with Crippen LogP contribution in [0.2, 0.25) is 0 Å². The topological polar surface area (TPSA) is 81.7 Å². The number of hydrogen-bond acceptors (Lipinski definition) is 6. The molecule has 7 nitrogen and oxygen atoms in total. The predicted molar refractivity (Wildman–Crippen MR) is 102 cm³/mol. The molecule has 0 aliphatic rings. The second-order valence-corrected chi connectivity index (χ2v) is 6.35. The van der Waals surface area contributed by atoms with E-state index in [9.17, 15) is 0 Å². The molecule has 0 saturated carbocycles. The molecule has 0 aliphatic carbocycles. The fourth-order valence-electron chi connectivity index (χ4n) is 2.87. The summed E-state index contributed by atoms with van der Waals surface area (Å²) in [5, 5.41) is 7.18. The van der Waals surface area contributed by atoms with Crippen LogP contribution in [0.1, 0.15) is 22.8 Å². The average molecular weight is 360 g/mol. The normalized spacial score (nSPS) is 10.9. The highest BCUT2D eigenvalue weighted by atomic mass is 16.5. The van der Waals surface area contributed by atoms with Gasteiger partial charge in [0.1, 0.15) is 11.6 Å². The van der Waals surface area contributed by atoms with E-state index in [0.29, 0.717) is 18.3 Å². The molecule has 1 aromatic carbocycles. The first-order chi connectivity index (χ1) is 13.2. The van der Waals surface area contributed by atoms with Gasteiger partial charge in [-0.25, -0.2) is 9.97 Å². The Morgan fingerprint density at radius 1 is 1.04 bits per heavy atom. The van der Waals surface area contributed by atoms with Gasteiger partial charge in [0.25, 0.3) is 5.89 Å². The van der Waals surface area contributed by atoms with Crippen molar-refractivity contribution in [3.8, 4) is 11.5 Å². The minimum absolute atomic E-state index is 0.496. The highest BCUT2D eigenvalue weighted by molar-refractivity contribution is 5.57. The van der Waals surface area contributed by atoms with Gasteiger partial charge >= 0.3 is 0 Å². The smallest absolute Gasteiger partial charge is 0.258 e. The lowest BCUT2D eigenvalue weighted by molar-refractivity contribution is 0.425. The number of aryl methyl sites for hydroxylation is 2. The Labute approximate surface area is 157 Å². The molecule has 3 heterocycles. The van der Waals surface area contributed by atoms with Crippen LogP contribution in [-0.2, 0) is 13.1 Å². The zero-order chi connectivity index (χ0) is 18.6. The lowest BCUT2D eigenvalue weighted by Gasteiger charge is -2.09. The number of benzene rings is 1. The minimum Gasteiger partial charge on any atom is -0.366 e. The molecule has 7 heteroatoms. The van der Waals surface area contributed by atoms with Gasteiger partial charge in [-0.1, -0.05) is 29.4 Å². The van der Waals surface area contributed by atoms with Crippen LogP contribution >= 0.6 is 0 Å². The Balaban J connectivity index is 1.44. The van der Waals surface area contributed by atoms with Crippen LogP contribution in [0.15, 0.2) is 59.5 Å². The second kappa shape index (κ2) is 7.41. The second-order valence-electron chi connectivity index (χ2n) is 6.35. The summed E-state index contributed by atoms with van der Waals surface area (Å²) in [6, 6.07) is 12.3.